The van der Waals surface area contributed by atoms with E-state index in [-0.39, 0.29) is 36.4 Å². The second-order valence-electron chi connectivity index (χ2n) is 13.0. The highest BCUT2D eigenvalue weighted by Crippen LogP contribution is 2.68. The van der Waals surface area contributed by atoms with Gasteiger partial charge in [-0.2, -0.15) is 0 Å². The third-order valence-electron chi connectivity index (χ3n) is 9.79. The maximum atomic E-state index is 13.0. The molecule has 240 valence electrons. The Hall–Kier alpha value is -3.64. The SMILES string of the molecule is COc1ccc2c3c1O[C@H]1C(OC(=O)[C@@H](O)CC(=O)O[C@@H](C)C(=O)N[C@@H](CC(C)C)C(=O)O)=CC[C@@]4(O)[C@@H](C2)C(C)CC[C@]314. The Morgan fingerprint density at radius 1 is 1.18 bits per heavy atom. The molecule has 3 aliphatic carbocycles. The molecule has 1 saturated carbocycles. The van der Waals surface area contributed by atoms with E-state index in [2.05, 4.69) is 12.2 Å². The molecule has 12 heteroatoms. The highest BCUT2D eigenvalue weighted by Gasteiger charge is 2.72. The van der Waals surface area contributed by atoms with E-state index < -0.39 is 65.6 Å². The van der Waals surface area contributed by atoms with Crippen LogP contribution in [0.25, 0.3) is 0 Å². The Kier molecular flexibility index (Phi) is 8.45. The van der Waals surface area contributed by atoms with Crippen molar-refractivity contribution >= 4 is 23.8 Å². The zero-order valence-electron chi connectivity index (χ0n) is 25.6. The van der Waals surface area contributed by atoms with Crippen molar-refractivity contribution in [2.75, 3.05) is 7.11 Å². The lowest BCUT2D eigenvalue weighted by molar-refractivity contribution is -0.174. The van der Waals surface area contributed by atoms with E-state index in [0.29, 0.717) is 24.3 Å². The van der Waals surface area contributed by atoms with E-state index in [1.165, 1.54) is 14.0 Å². The summed E-state index contributed by atoms with van der Waals surface area (Å²) in [5, 5.41) is 34.5. The summed E-state index contributed by atoms with van der Waals surface area (Å²) in [4.78, 5) is 49.4. The van der Waals surface area contributed by atoms with Crippen molar-refractivity contribution in [3.05, 3.63) is 35.1 Å². The van der Waals surface area contributed by atoms with Crippen molar-refractivity contribution in [1.29, 1.82) is 0 Å². The summed E-state index contributed by atoms with van der Waals surface area (Å²) < 4.78 is 22.7. The lowest BCUT2D eigenvalue weighted by atomic mass is 9.45. The average Bonchev–Trinajstić information content (AvgIpc) is 3.31. The van der Waals surface area contributed by atoms with Crippen LogP contribution in [0.15, 0.2) is 24.0 Å². The molecule has 1 fully saturated rings. The number of hydrogen-bond donors (Lipinski definition) is 4. The fourth-order valence-electron chi connectivity index (χ4n) is 7.67. The number of esters is 2. The van der Waals surface area contributed by atoms with E-state index in [9.17, 15) is 34.5 Å². The number of benzene rings is 1. The van der Waals surface area contributed by atoms with Crippen molar-refractivity contribution < 1.29 is 53.4 Å². The summed E-state index contributed by atoms with van der Waals surface area (Å²) in [6, 6.07) is 2.69. The molecule has 12 nitrogen and oxygen atoms in total. The van der Waals surface area contributed by atoms with E-state index in [0.717, 1.165) is 17.5 Å². The van der Waals surface area contributed by atoms with Gasteiger partial charge in [-0.05, 0) is 74.5 Å². The Morgan fingerprint density at radius 3 is 2.57 bits per heavy atom. The van der Waals surface area contributed by atoms with Gasteiger partial charge in [0.05, 0.1) is 24.5 Å². The topological polar surface area (TPSA) is 178 Å². The van der Waals surface area contributed by atoms with Crippen LogP contribution < -0.4 is 14.8 Å². The largest absolute Gasteiger partial charge is 0.493 e. The standard InChI is InChI=1S/C32H41NO11/c1-15(2)12-20(29(37)38)33-28(36)17(4)42-24(35)14-21(34)30(39)43-23-9-11-32(40)19-13-18-6-7-22(41-5)26-25(18)31(32,27(23)44-26)10-8-16(19)3/h6-7,9,15-17,19-21,27,34,40H,8,10-14H2,1-5H3,(H,33,36)(H,37,38)/t16?,17-,19-,20-,21-,27-,31-,32+/m0/s1. The minimum Gasteiger partial charge on any atom is -0.493 e. The summed E-state index contributed by atoms with van der Waals surface area (Å²) in [6.45, 7) is 7.02. The van der Waals surface area contributed by atoms with Gasteiger partial charge in [0.1, 0.15) is 11.8 Å². The van der Waals surface area contributed by atoms with Crippen molar-refractivity contribution in [3.63, 3.8) is 0 Å². The van der Waals surface area contributed by atoms with Gasteiger partial charge in [-0.3, -0.25) is 9.59 Å². The number of nitrogens with one attached hydrogen (secondary N) is 1. The molecule has 1 heterocycles. The van der Waals surface area contributed by atoms with Crippen LogP contribution in [0, 0.1) is 17.8 Å². The van der Waals surface area contributed by atoms with Crippen LogP contribution in [-0.2, 0) is 40.5 Å². The minimum atomic E-state index is -1.91. The Morgan fingerprint density at radius 2 is 1.91 bits per heavy atom. The van der Waals surface area contributed by atoms with Crippen LogP contribution in [0.3, 0.4) is 0 Å². The van der Waals surface area contributed by atoms with Gasteiger partial charge in [0.25, 0.3) is 5.91 Å². The molecule has 1 spiro atoms. The van der Waals surface area contributed by atoms with Gasteiger partial charge < -0.3 is 39.6 Å². The first kappa shape index (κ1) is 31.8. The first-order valence-corrected chi connectivity index (χ1v) is 15.1. The molecule has 0 saturated heterocycles. The highest BCUT2D eigenvalue weighted by atomic mass is 16.6. The summed E-state index contributed by atoms with van der Waals surface area (Å²) in [5.74, 6) is -2.79. The van der Waals surface area contributed by atoms with Crippen LogP contribution in [0.1, 0.15) is 70.9 Å². The fourth-order valence-corrected chi connectivity index (χ4v) is 7.67. The normalized spacial score (nSPS) is 29.7. The Labute approximate surface area is 255 Å². The number of aliphatic hydroxyl groups is 2. The lowest BCUT2D eigenvalue weighted by Gasteiger charge is -2.61. The van der Waals surface area contributed by atoms with Crippen LogP contribution in [0.5, 0.6) is 11.5 Å². The van der Waals surface area contributed by atoms with Gasteiger partial charge in [0.2, 0.25) is 0 Å². The Bertz CT molecular complexity index is 1390. The second kappa shape index (κ2) is 11.7. The van der Waals surface area contributed by atoms with Gasteiger partial charge in [-0.15, -0.1) is 0 Å². The molecular formula is C32H41NO11. The number of hydrogen-bond acceptors (Lipinski definition) is 10. The molecule has 1 aromatic carbocycles. The molecule has 1 unspecified atom stereocenters. The number of aliphatic hydroxyl groups excluding tert-OH is 1. The average molecular weight is 616 g/mol. The maximum Gasteiger partial charge on any atom is 0.340 e. The van der Waals surface area contributed by atoms with Gasteiger partial charge in [0, 0.05) is 5.56 Å². The molecular weight excluding hydrogens is 574 g/mol. The number of carboxylic acids is 1. The zero-order valence-corrected chi connectivity index (χ0v) is 25.6. The molecule has 1 aromatic rings. The van der Waals surface area contributed by atoms with E-state index in [1.807, 2.05) is 26.0 Å². The first-order valence-electron chi connectivity index (χ1n) is 15.1. The molecule has 0 aromatic heterocycles. The van der Waals surface area contributed by atoms with Gasteiger partial charge >= 0.3 is 17.9 Å². The van der Waals surface area contributed by atoms with Gasteiger partial charge in [-0.1, -0.05) is 26.8 Å². The van der Waals surface area contributed by atoms with Crippen molar-refractivity contribution in [2.45, 2.75) is 102 Å². The predicted octanol–water partition coefficient (Wildman–Crippen LogP) is 2.16. The molecule has 44 heavy (non-hydrogen) atoms. The molecule has 1 aliphatic heterocycles. The monoisotopic (exact) mass is 615 g/mol. The third kappa shape index (κ3) is 5.11. The summed E-state index contributed by atoms with van der Waals surface area (Å²) in [6.07, 6.45) is -0.747. The van der Waals surface area contributed by atoms with Crippen LogP contribution >= 0.6 is 0 Å². The highest BCUT2D eigenvalue weighted by molar-refractivity contribution is 5.88. The van der Waals surface area contributed by atoms with E-state index in [1.54, 1.807) is 6.08 Å². The smallest absolute Gasteiger partial charge is 0.340 e. The van der Waals surface area contributed by atoms with E-state index in [4.69, 9.17) is 18.9 Å². The number of aliphatic carboxylic acids is 1. The second-order valence-corrected chi connectivity index (χ2v) is 13.0. The number of methoxy groups -OCH3 is 1. The molecule has 4 aliphatic rings. The molecule has 2 bridgehead atoms. The molecule has 4 N–H and O–H groups in total. The van der Waals surface area contributed by atoms with E-state index >= 15 is 0 Å². The first-order chi connectivity index (χ1) is 20.7. The van der Waals surface area contributed by atoms with Crippen LogP contribution in [0.4, 0.5) is 0 Å². The zero-order chi connectivity index (χ0) is 32.1. The summed E-state index contributed by atoms with van der Waals surface area (Å²) in [5.41, 5.74) is -0.0627. The third-order valence-corrected chi connectivity index (χ3v) is 9.79. The Balaban J connectivity index is 1.27. The molecule has 1 amide bonds. The quantitative estimate of drug-likeness (QED) is 0.268. The minimum absolute atomic E-state index is 0.00260. The van der Waals surface area contributed by atoms with Crippen molar-refractivity contribution in [1.82, 2.24) is 5.32 Å². The van der Waals surface area contributed by atoms with Crippen LogP contribution in [0.2, 0.25) is 0 Å². The fraction of sp³-hybridized carbons (Fsp3) is 0.625. The number of carbonyl (C=O) groups is 4. The maximum absolute atomic E-state index is 13.0. The van der Waals surface area contributed by atoms with Crippen molar-refractivity contribution in [3.8, 4) is 11.5 Å². The summed E-state index contributed by atoms with van der Waals surface area (Å²) >= 11 is 0. The number of rotatable bonds is 11. The number of carboxylic acid groups (broad SMARTS) is 1. The molecule has 0 radical (unpaired) electrons. The van der Waals surface area contributed by atoms with Gasteiger partial charge in [-0.25, -0.2) is 9.59 Å². The summed E-state index contributed by atoms with van der Waals surface area (Å²) in [7, 11) is 1.54. The molecule has 5 rings (SSSR count). The predicted molar refractivity (Wildman–Crippen MR) is 154 cm³/mol. The van der Waals surface area contributed by atoms with Crippen molar-refractivity contribution in [2.24, 2.45) is 17.8 Å². The van der Waals surface area contributed by atoms with Gasteiger partial charge in [0.15, 0.2) is 29.8 Å². The number of amides is 1. The van der Waals surface area contributed by atoms with Crippen LogP contribution in [-0.4, -0.2) is 76.2 Å². The molecule has 8 atom stereocenters. The lowest BCUT2D eigenvalue weighted by Crippen LogP contribution is -2.69. The number of carbonyl (C=O) groups excluding carboxylic acids is 3. The number of ether oxygens (including phenoxy) is 4.